The van der Waals surface area contributed by atoms with Crippen LogP contribution in [-0.4, -0.2) is 25.5 Å². The number of carbonyl (C=O) groups is 2. The van der Waals surface area contributed by atoms with Gasteiger partial charge in [-0.1, -0.05) is 12.1 Å². The van der Waals surface area contributed by atoms with Gasteiger partial charge in [0.1, 0.15) is 5.75 Å². The number of aryl methyl sites for hydroxylation is 1. The van der Waals surface area contributed by atoms with Gasteiger partial charge in [-0.15, -0.1) is 6.58 Å². The summed E-state index contributed by atoms with van der Waals surface area (Å²) in [7, 11) is 1.55. The van der Waals surface area contributed by atoms with E-state index < -0.39 is 0 Å². The van der Waals surface area contributed by atoms with Crippen LogP contribution in [0.1, 0.15) is 26.3 Å². The van der Waals surface area contributed by atoms with Gasteiger partial charge < -0.3 is 15.4 Å². The minimum absolute atomic E-state index is 0.206. The fraction of sp³-hybridized carbons (Fsp3) is 0.158. The highest BCUT2D eigenvalue weighted by Gasteiger charge is 2.11. The fourth-order valence-corrected chi connectivity index (χ4v) is 2.15. The van der Waals surface area contributed by atoms with Crippen molar-refractivity contribution in [2.45, 2.75) is 6.92 Å². The molecule has 0 bridgehead atoms. The molecule has 2 rings (SSSR count). The fourth-order valence-electron chi connectivity index (χ4n) is 2.15. The highest BCUT2D eigenvalue weighted by Crippen LogP contribution is 2.25. The highest BCUT2D eigenvalue weighted by atomic mass is 16.5. The zero-order valence-electron chi connectivity index (χ0n) is 13.8. The van der Waals surface area contributed by atoms with Gasteiger partial charge in [-0.25, -0.2) is 0 Å². The van der Waals surface area contributed by atoms with Crippen LogP contribution < -0.4 is 15.4 Å². The van der Waals surface area contributed by atoms with Gasteiger partial charge in [-0.2, -0.15) is 0 Å². The van der Waals surface area contributed by atoms with E-state index in [0.717, 1.165) is 5.56 Å². The number of methoxy groups -OCH3 is 1. The largest absolute Gasteiger partial charge is 0.495 e. The summed E-state index contributed by atoms with van der Waals surface area (Å²) < 4.78 is 5.25. The molecule has 0 unspecified atom stereocenters. The molecule has 0 radical (unpaired) electrons. The van der Waals surface area contributed by atoms with Crippen molar-refractivity contribution < 1.29 is 14.3 Å². The maximum Gasteiger partial charge on any atom is 0.255 e. The summed E-state index contributed by atoms with van der Waals surface area (Å²) in [6, 6.07) is 12.0. The average molecular weight is 324 g/mol. The molecular weight excluding hydrogens is 304 g/mol. The molecule has 2 aromatic rings. The number of carbonyl (C=O) groups excluding carboxylic acids is 2. The summed E-state index contributed by atoms with van der Waals surface area (Å²) in [6.45, 7) is 5.88. The predicted molar refractivity (Wildman–Crippen MR) is 94.7 cm³/mol. The van der Waals surface area contributed by atoms with Crippen LogP contribution in [0.15, 0.2) is 55.1 Å². The average Bonchev–Trinajstić information content (AvgIpc) is 2.60. The molecule has 0 atom stereocenters. The van der Waals surface area contributed by atoms with Gasteiger partial charge in [0.25, 0.3) is 11.8 Å². The number of hydrogen-bond acceptors (Lipinski definition) is 3. The van der Waals surface area contributed by atoms with Gasteiger partial charge in [0.05, 0.1) is 12.8 Å². The standard InChI is InChI=1S/C19H20N2O3/c1-4-11-20-18(22)14-6-8-15(9-7-14)19(23)21-16-12-13(2)5-10-17(16)24-3/h4-10,12H,1,11H2,2-3H3,(H,20,22)(H,21,23). The van der Waals surface area contributed by atoms with Gasteiger partial charge in [-0.05, 0) is 48.9 Å². The molecule has 2 aromatic carbocycles. The lowest BCUT2D eigenvalue weighted by molar-refractivity contribution is 0.0956. The summed E-state index contributed by atoms with van der Waals surface area (Å²) in [4.78, 5) is 24.2. The van der Waals surface area contributed by atoms with Crippen molar-refractivity contribution in [1.29, 1.82) is 0 Å². The minimum atomic E-state index is -0.267. The third-order valence-corrected chi connectivity index (χ3v) is 3.42. The van der Waals surface area contributed by atoms with Crippen molar-refractivity contribution >= 4 is 17.5 Å². The van der Waals surface area contributed by atoms with Gasteiger partial charge in [0.2, 0.25) is 0 Å². The van der Waals surface area contributed by atoms with Crippen LogP contribution >= 0.6 is 0 Å². The molecule has 5 heteroatoms. The Morgan fingerprint density at radius 3 is 2.29 bits per heavy atom. The second kappa shape index (κ2) is 7.97. The molecule has 0 aliphatic rings. The van der Waals surface area contributed by atoms with Crippen molar-refractivity contribution in [3.05, 3.63) is 71.8 Å². The van der Waals surface area contributed by atoms with Crippen LogP contribution in [0.4, 0.5) is 5.69 Å². The number of ether oxygens (including phenoxy) is 1. The first-order valence-electron chi connectivity index (χ1n) is 7.50. The summed E-state index contributed by atoms with van der Waals surface area (Å²) in [5, 5.41) is 5.51. The molecule has 5 nitrogen and oxygen atoms in total. The van der Waals surface area contributed by atoms with Crippen LogP contribution in [-0.2, 0) is 0 Å². The topological polar surface area (TPSA) is 67.4 Å². The molecule has 0 saturated heterocycles. The maximum atomic E-state index is 12.4. The molecule has 0 fully saturated rings. The van der Waals surface area contributed by atoms with E-state index in [9.17, 15) is 9.59 Å². The molecule has 0 aromatic heterocycles. The zero-order chi connectivity index (χ0) is 17.5. The van der Waals surface area contributed by atoms with Crippen molar-refractivity contribution in [2.24, 2.45) is 0 Å². The highest BCUT2D eigenvalue weighted by molar-refractivity contribution is 6.05. The Labute approximate surface area is 141 Å². The zero-order valence-corrected chi connectivity index (χ0v) is 13.8. The van der Waals surface area contributed by atoms with Gasteiger partial charge in [-0.3, -0.25) is 9.59 Å². The number of hydrogen-bond donors (Lipinski definition) is 2. The molecule has 2 amide bonds. The molecular formula is C19H20N2O3. The Morgan fingerprint density at radius 1 is 1.08 bits per heavy atom. The molecule has 0 aliphatic heterocycles. The van der Waals surface area contributed by atoms with Crippen LogP contribution in [0.3, 0.4) is 0 Å². The number of anilines is 1. The smallest absolute Gasteiger partial charge is 0.255 e. The van der Waals surface area contributed by atoms with Crippen LogP contribution in [0.2, 0.25) is 0 Å². The molecule has 2 N–H and O–H groups in total. The number of nitrogens with one attached hydrogen (secondary N) is 2. The maximum absolute atomic E-state index is 12.4. The summed E-state index contributed by atoms with van der Waals surface area (Å²) in [5.74, 6) is 0.119. The predicted octanol–water partition coefficient (Wildman–Crippen LogP) is 3.17. The number of amides is 2. The van der Waals surface area contributed by atoms with E-state index in [1.165, 1.54) is 0 Å². The molecule has 0 saturated carbocycles. The Kier molecular flexibility index (Phi) is 5.73. The summed E-state index contributed by atoms with van der Waals surface area (Å²) in [6.07, 6.45) is 1.61. The van der Waals surface area contributed by atoms with E-state index in [2.05, 4.69) is 17.2 Å². The Hall–Kier alpha value is -3.08. The number of benzene rings is 2. The van der Waals surface area contributed by atoms with Crippen LogP contribution in [0.5, 0.6) is 5.75 Å². The van der Waals surface area contributed by atoms with Gasteiger partial charge in [0, 0.05) is 17.7 Å². The van der Waals surface area contributed by atoms with E-state index in [-0.39, 0.29) is 11.8 Å². The minimum Gasteiger partial charge on any atom is -0.495 e. The van der Waals surface area contributed by atoms with Crippen LogP contribution in [0.25, 0.3) is 0 Å². The molecule has 0 aliphatic carbocycles. The van der Waals surface area contributed by atoms with Crippen LogP contribution in [0, 0.1) is 6.92 Å². The van der Waals surface area contributed by atoms with E-state index >= 15 is 0 Å². The van der Waals surface area contributed by atoms with E-state index in [0.29, 0.717) is 29.1 Å². The summed E-state index contributed by atoms with van der Waals surface area (Å²) >= 11 is 0. The third kappa shape index (κ3) is 4.23. The van der Waals surface area contributed by atoms with Crippen molar-refractivity contribution in [3.8, 4) is 5.75 Å². The normalized spacial score (nSPS) is 9.92. The molecule has 0 spiro atoms. The van der Waals surface area contributed by atoms with Crippen molar-refractivity contribution in [2.75, 3.05) is 19.0 Å². The van der Waals surface area contributed by atoms with Gasteiger partial charge >= 0.3 is 0 Å². The molecule has 0 heterocycles. The lowest BCUT2D eigenvalue weighted by Crippen LogP contribution is -2.23. The number of rotatable bonds is 6. The van der Waals surface area contributed by atoms with Gasteiger partial charge in [0.15, 0.2) is 0 Å². The first-order valence-corrected chi connectivity index (χ1v) is 7.50. The third-order valence-electron chi connectivity index (χ3n) is 3.42. The molecule has 24 heavy (non-hydrogen) atoms. The Bertz CT molecular complexity index is 752. The molecule has 124 valence electrons. The van der Waals surface area contributed by atoms with E-state index in [1.807, 2.05) is 19.1 Å². The Balaban J connectivity index is 2.12. The van der Waals surface area contributed by atoms with E-state index in [1.54, 1.807) is 43.5 Å². The lowest BCUT2D eigenvalue weighted by atomic mass is 10.1. The lowest BCUT2D eigenvalue weighted by Gasteiger charge is -2.11. The van der Waals surface area contributed by atoms with E-state index in [4.69, 9.17) is 4.74 Å². The SMILES string of the molecule is C=CCNC(=O)c1ccc(C(=O)Nc2cc(C)ccc2OC)cc1. The van der Waals surface area contributed by atoms with Crippen molar-refractivity contribution in [3.63, 3.8) is 0 Å². The second-order valence-electron chi connectivity index (χ2n) is 5.23. The Morgan fingerprint density at radius 2 is 1.71 bits per heavy atom. The monoisotopic (exact) mass is 324 g/mol. The first-order chi connectivity index (χ1) is 11.5. The first kappa shape index (κ1) is 17.3. The van der Waals surface area contributed by atoms with Crippen molar-refractivity contribution in [1.82, 2.24) is 5.32 Å². The summed E-state index contributed by atoms with van der Waals surface area (Å²) in [5.41, 5.74) is 2.57. The second-order valence-corrected chi connectivity index (χ2v) is 5.23. The quantitative estimate of drug-likeness (QED) is 0.802.